The number of carbonyl (C=O) groups excluding carboxylic acids is 1. The molecule has 0 radical (unpaired) electrons. The first-order valence-electron chi connectivity index (χ1n) is 6.39. The Morgan fingerprint density at radius 2 is 2.26 bits per heavy atom. The highest BCUT2D eigenvalue weighted by Gasteiger charge is 2.71. The fraction of sp³-hybridized carbons (Fsp3) is 0.750. The van der Waals surface area contributed by atoms with Crippen molar-refractivity contribution in [3.63, 3.8) is 0 Å². The number of aryl methyl sites for hydroxylation is 1. The number of nitrogens with zero attached hydrogens (tertiary/aromatic N) is 2. The Morgan fingerprint density at radius 1 is 1.53 bits per heavy atom. The van der Waals surface area contributed by atoms with Gasteiger partial charge in [-0.05, 0) is 13.3 Å². The van der Waals surface area contributed by atoms with Gasteiger partial charge in [-0.25, -0.2) is 0 Å². The number of aromatic nitrogens is 2. The highest BCUT2D eigenvalue weighted by Crippen LogP contribution is 2.58. The molecule has 2 heterocycles. The lowest BCUT2D eigenvalue weighted by Crippen LogP contribution is -2.79. The Labute approximate surface area is 110 Å². The van der Waals surface area contributed by atoms with Crippen molar-refractivity contribution in [2.75, 3.05) is 11.9 Å². The number of anilines is 1. The van der Waals surface area contributed by atoms with Crippen LogP contribution in [0.4, 0.5) is 6.01 Å². The Bertz CT molecular complexity index is 527. The summed E-state index contributed by atoms with van der Waals surface area (Å²) in [6.45, 7) is 6.26. The molecule has 2 fully saturated rings. The smallest absolute Gasteiger partial charge is 0.328 e. The van der Waals surface area contributed by atoms with Crippen LogP contribution < -0.4 is 11.1 Å². The third-order valence-corrected chi connectivity index (χ3v) is 4.58. The molecule has 0 aromatic carbocycles. The Kier molecular flexibility index (Phi) is 2.49. The number of rotatable bonds is 2. The van der Waals surface area contributed by atoms with E-state index in [1.807, 2.05) is 13.8 Å². The summed E-state index contributed by atoms with van der Waals surface area (Å²) in [5.74, 6) is 0.232. The molecule has 3 atom stereocenters. The number of amides is 1. The van der Waals surface area contributed by atoms with E-state index < -0.39 is 11.0 Å². The molecule has 1 saturated heterocycles. The minimum absolute atomic E-state index is 0.0477. The van der Waals surface area contributed by atoms with Crippen molar-refractivity contribution < 1.29 is 14.1 Å². The second kappa shape index (κ2) is 3.77. The van der Waals surface area contributed by atoms with E-state index in [0.29, 0.717) is 12.4 Å². The predicted octanol–water partition coefficient (Wildman–Crippen LogP) is 0.459. The van der Waals surface area contributed by atoms with Crippen LogP contribution in [0.25, 0.3) is 0 Å². The minimum atomic E-state index is -0.962. The molecule has 2 aliphatic rings. The lowest BCUT2D eigenvalue weighted by molar-refractivity contribution is -0.171. The molecule has 0 spiro atoms. The van der Waals surface area contributed by atoms with Crippen LogP contribution in [0.15, 0.2) is 4.52 Å². The number of fused-ring (bicyclic) bond motifs is 1. The maximum atomic E-state index is 12.5. The molecule has 1 aliphatic carbocycles. The van der Waals surface area contributed by atoms with E-state index in [1.165, 1.54) is 0 Å². The normalized spacial score (nSPS) is 35.6. The van der Waals surface area contributed by atoms with Crippen LogP contribution in [-0.4, -0.2) is 34.3 Å². The van der Waals surface area contributed by atoms with Crippen LogP contribution in [0.2, 0.25) is 0 Å². The first-order valence-corrected chi connectivity index (χ1v) is 6.39. The number of carbonyl (C=O) groups is 1. The van der Waals surface area contributed by atoms with Crippen LogP contribution in [0.3, 0.4) is 0 Å². The van der Waals surface area contributed by atoms with Crippen LogP contribution in [0.5, 0.6) is 0 Å². The van der Waals surface area contributed by atoms with E-state index in [0.717, 1.165) is 6.42 Å². The first kappa shape index (κ1) is 12.6. The zero-order valence-corrected chi connectivity index (χ0v) is 11.3. The molecule has 1 aliphatic heterocycles. The standard InChI is InChI=1S/C12H18N4O3/c1-6-14-10(19-16-6)15-9(17)12(13)7-4-5-18-8(7)11(12,2)3/h7-8H,4-5,13H2,1-3H3,(H,14,15,16,17). The number of nitrogens with one attached hydrogen (secondary N) is 1. The molecule has 104 valence electrons. The summed E-state index contributed by atoms with van der Waals surface area (Å²) in [5.41, 5.74) is 5.01. The largest absolute Gasteiger partial charge is 0.377 e. The topological polar surface area (TPSA) is 103 Å². The lowest BCUT2D eigenvalue weighted by Gasteiger charge is -2.60. The number of nitrogens with two attached hydrogens (primary N) is 1. The van der Waals surface area contributed by atoms with Gasteiger partial charge >= 0.3 is 6.01 Å². The second-order valence-corrected chi connectivity index (χ2v) is 5.88. The van der Waals surface area contributed by atoms with E-state index in [-0.39, 0.29) is 23.9 Å². The van der Waals surface area contributed by atoms with Crippen molar-refractivity contribution >= 4 is 11.9 Å². The second-order valence-electron chi connectivity index (χ2n) is 5.88. The van der Waals surface area contributed by atoms with Crippen molar-refractivity contribution in [2.45, 2.75) is 38.8 Å². The summed E-state index contributed by atoms with van der Waals surface area (Å²) < 4.78 is 10.6. The first-order chi connectivity index (χ1) is 8.87. The van der Waals surface area contributed by atoms with Crippen LogP contribution in [0.1, 0.15) is 26.1 Å². The summed E-state index contributed by atoms with van der Waals surface area (Å²) >= 11 is 0. The van der Waals surface area contributed by atoms with Crippen molar-refractivity contribution in [3.8, 4) is 0 Å². The van der Waals surface area contributed by atoms with Gasteiger partial charge < -0.3 is 15.0 Å². The van der Waals surface area contributed by atoms with Crippen LogP contribution in [0, 0.1) is 18.3 Å². The van der Waals surface area contributed by atoms with E-state index >= 15 is 0 Å². The molecule has 1 aromatic rings. The average molecular weight is 266 g/mol. The molecule has 0 bridgehead atoms. The molecule has 3 rings (SSSR count). The van der Waals surface area contributed by atoms with Gasteiger partial charge in [-0.3, -0.25) is 10.1 Å². The van der Waals surface area contributed by atoms with Crippen molar-refractivity contribution in [1.82, 2.24) is 10.1 Å². The Morgan fingerprint density at radius 3 is 2.89 bits per heavy atom. The number of hydrogen-bond donors (Lipinski definition) is 2. The van der Waals surface area contributed by atoms with E-state index in [1.54, 1.807) is 6.92 Å². The SMILES string of the molecule is Cc1noc(NC(=O)C2(N)C3CCOC3C2(C)C)n1. The van der Waals surface area contributed by atoms with Gasteiger partial charge in [0.25, 0.3) is 0 Å². The Balaban J connectivity index is 1.82. The lowest BCUT2D eigenvalue weighted by atomic mass is 9.48. The summed E-state index contributed by atoms with van der Waals surface area (Å²) in [4.78, 5) is 16.4. The maximum Gasteiger partial charge on any atom is 0.328 e. The van der Waals surface area contributed by atoms with Gasteiger partial charge in [0.2, 0.25) is 5.91 Å². The highest BCUT2D eigenvalue weighted by atomic mass is 16.5. The van der Waals surface area contributed by atoms with Crippen LogP contribution in [-0.2, 0) is 9.53 Å². The van der Waals surface area contributed by atoms with Gasteiger partial charge in [0.15, 0.2) is 5.82 Å². The zero-order chi connectivity index (χ0) is 13.8. The van der Waals surface area contributed by atoms with Gasteiger partial charge in [-0.15, -0.1) is 0 Å². The van der Waals surface area contributed by atoms with Crippen molar-refractivity contribution in [1.29, 1.82) is 0 Å². The van der Waals surface area contributed by atoms with Gasteiger partial charge in [-0.1, -0.05) is 19.0 Å². The molecule has 7 nitrogen and oxygen atoms in total. The molecule has 1 saturated carbocycles. The van der Waals surface area contributed by atoms with E-state index in [4.69, 9.17) is 15.0 Å². The third kappa shape index (κ3) is 1.48. The zero-order valence-electron chi connectivity index (χ0n) is 11.3. The van der Waals surface area contributed by atoms with Gasteiger partial charge in [0, 0.05) is 17.9 Å². The van der Waals surface area contributed by atoms with Gasteiger partial charge in [-0.2, -0.15) is 4.98 Å². The monoisotopic (exact) mass is 266 g/mol. The summed E-state index contributed by atoms with van der Waals surface area (Å²) in [7, 11) is 0. The van der Waals surface area contributed by atoms with E-state index in [2.05, 4.69) is 15.5 Å². The van der Waals surface area contributed by atoms with Crippen LogP contribution >= 0.6 is 0 Å². The number of ether oxygens (including phenoxy) is 1. The molecule has 3 unspecified atom stereocenters. The van der Waals surface area contributed by atoms with E-state index in [9.17, 15) is 4.79 Å². The summed E-state index contributed by atoms with van der Waals surface area (Å²) in [5, 5.41) is 6.25. The predicted molar refractivity (Wildman–Crippen MR) is 66.2 cm³/mol. The average Bonchev–Trinajstić information content (AvgIpc) is 2.96. The molecule has 1 amide bonds. The molecular formula is C12H18N4O3. The quantitative estimate of drug-likeness (QED) is 0.806. The third-order valence-electron chi connectivity index (χ3n) is 4.58. The van der Waals surface area contributed by atoms with Crippen molar-refractivity contribution in [3.05, 3.63) is 5.82 Å². The minimum Gasteiger partial charge on any atom is -0.377 e. The fourth-order valence-electron chi connectivity index (χ4n) is 3.39. The molecule has 19 heavy (non-hydrogen) atoms. The maximum absolute atomic E-state index is 12.5. The van der Waals surface area contributed by atoms with Gasteiger partial charge in [0.1, 0.15) is 5.54 Å². The molecular weight excluding hydrogens is 248 g/mol. The van der Waals surface area contributed by atoms with Crippen molar-refractivity contribution in [2.24, 2.45) is 17.1 Å². The molecule has 1 aromatic heterocycles. The molecule has 7 heteroatoms. The summed E-state index contributed by atoms with van der Waals surface area (Å²) in [6, 6.07) is 0.0884. The Hall–Kier alpha value is -1.47. The number of hydrogen-bond acceptors (Lipinski definition) is 6. The highest BCUT2D eigenvalue weighted by molar-refractivity contribution is 5.98. The summed E-state index contributed by atoms with van der Waals surface area (Å²) in [6.07, 6.45) is 0.855. The fourth-order valence-corrected chi connectivity index (χ4v) is 3.39. The van der Waals surface area contributed by atoms with Gasteiger partial charge in [0.05, 0.1) is 6.10 Å². The molecule has 3 N–H and O–H groups in total.